The lowest BCUT2D eigenvalue weighted by atomic mass is 10.00. The number of ether oxygens (including phenoxy) is 1. The highest BCUT2D eigenvalue weighted by molar-refractivity contribution is 7.89. The van der Waals surface area contributed by atoms with Crippen LogP contribution in [0.1, 0.15) is 24.0 Å². The van der Waals surface area contributed by atoms with Crippen molar-refractivity contribution in [2.24, 2.45) is 4.99 Å². The van der Waals surface area contributed by atoms with Gasteiger partial charge in [-0.15, -0.1) is 0 Å². The summed E-state index contributed by atoms with van der Waals surface area (Å²) < 4.78 is 32.4. The average Bonchev–Trinajstić information content (AvgIpc) is 3.04. The van der Waals surface area contributed by atoms with E-state index in [0.717, 1.165) is 11.1 Å². The van der Waals surface area contributed by atoms with E-state index in [9.17, 15) is 13.2 Å². The Labute approximate surface area is 170 Å². The second kappa shape index (κ2) is 7.27. The van der Waals surface area contributed by atoms with Gasteiger partial charge in [-0.2, -0.15) is 4.31 Å². The van der Waals surface area contributed by atoms with E-state index in [0.29, 0.717) is 37.4 Å². The van der Waals surface area contributed by atoms with Gasteiger partial charge in [-0.05, 0) is 43.3 Å². The maximum absolute atomic E-state index is 12.9. The molecule has 2 heterocycles. The number of piperidine rings is 1. The van der Waals surface area contributed by atoms with Crippen molar-refractivity contribution in [3.8, 4) is 5.75 Å². The van der Waals surface area contributed by atoms with E-state index < -0.39 is 15.7 Å². The highest BCUT2D eigenvalue weighted by atomic mass is 32.2. The van der Waals surface area contributed by atoms with Gasteiger partial charge in [-0.1, -0.05) is 17.7 Å². The van der Waals surface area contributed by atoms with Gasteiger partial charge in [0.25, 0.3) is 5.91 Å². The molecule has 2 aromatic rings. The normalized spacial score (nSPS) is 19.1. The van der Waals surface area contributed by atoms with Gasteiger partial charge in [0.05, 0.1) is 12.0 Å². The Hall–Kier alpha value is -2.71. The second-order valence-electron chi connectivity index (χ2n) is 7.39. The van der Waals surface area contributed by atoms with Gasteiger partial charge in [-0.3, -0.25) is 9.79 Å². The van der Waals surface area contributed by atoms with Crippen molar-refractivity contribution in [2.45, 2.75) is 30.3 Å². The number of hydrogen-bond acceptors (Lipinski definition) is 5. The largest absolute Gasteiger partial charge is 0.497 e. The topological polar surface area (TPSA) is 88.1 Å². The van der Waals surface area contributed by atoms with Crippen molar-refractivity contribution in [1.82, 2.24) is 9.62 Å². The number of sulfonamides is 1. The molecule has 1 amide bonds. The van der Waals surface area contributed by atoms with Crippen molar-refractivity contribution in [2.75, 3.05) is 20.2 Å². The summed E-state index contributed by atoms with van der Waals surface area (Å²) in [7, 11) is -1.97. The number of carbonyl (C=O) groups excluding carboxylic acids is 1. The number of aliphatic imine (C=N–C) groups is 1. The molecule has 0 atom stereocenters. The zero-order chi connectivity index (χ0) is 20.6. The third-order valence-corrected chi connectivity index (χ3v) is 7.37. The Morgan fingerprint density at radius 1 is 1.03 bits per heavy atom. The first-order valence-corrected chi connectivity index (χ1v) is 10.9. The molecule has 1 N–H and O–H groups in total. The maximum Gasteiger partial charge on any atom is 0.272 e. The third kappa shape index (κ3) is 3.65. The average molecular weight is 413 g/mol. The van der Waals surface area contributed by atoms with E-state index in [-0.39, 0.29) is 10.8 Å². The molecule has 0 aromatic heterocycles. The smallest absolute Gasteiger partial charge is 0.272 e. The molecule has 4 rings (SSSR count). The monoisotopic (exact) mass is 413 g/mol. The van der Waals surface area contributed by atoms with Crippen LogP contribution in [0.4, 0.5) is 0 Å². The van der Waals surface area contributed by atoms with Crippen molar-refractivity contribution in [3.63, 3.8) is 0 Å². The summed E-state index contributed by atoms with van der Waals surface area (Å²) in [4.78, 5) is 17.5. The molecule has 1 spiro atoms. The third-order valence-electron chi connectivity index (χ3n) is 5.46. The highest BCUT2D eigenvalue weighted by Crippen LogP contribution is 2.31. The second-order valence-corrected chi connectivity index (χ2v) is 9.33. The fourth-order valence-electron chi connectivity index (χ4n) is 3.70. The van der Waals surface area contributed by atoms with Crippen LogP contribution in [0.5, 0.6) is 5.75 Å². The Bertz CT molecular complexity index is 1050. The molecule has 0 unspecified atom stereocenters. The molecule has 29 heavy (non-hydrogen) atoms. The molecule has 2 aliphatic rings. The molecule has 8 heteroatoms. The lowest BCUT2D eigenvalue weighted by molar-refractivity contribution is -0.115. The van der Waals surface area contributed by atoms with Gasteiger partial charge in [0, 0.05) is 31.5 Å². The molecular weight excluding hydrogens is 390 g/mol. The van der Waals surface area contributed by atoms with Gasteiger partial charge in [-0.25, -0.2) is 8.42 Å². The molecule has 0 radical (unpaired) electrons. The van der Waals surface area contributed by atoms with E-state index in [2.05, 4.69) is 10.3 Å². The van der Waals surface area contributed by atoms with E-state index in [4.69, 9.17) is 4.74 Å². The number of hydrogen-bond donors (Lipinski definition) is 1. The lowest BCUT2D eigenvalue weighted by Gasteiger charge is -2.36. The van der Waals surface area contributed by atoms with Crippen molar-refractivity contribution < 1.29 is 17.9 Å². The maximum atomic E-state index is 12.9. The molecule has 0 saturated carbocycles. The molecular formula is C21H23N3O4S. The van der Waals surface area contributed by atoms with Crippen LogP contribution in [-0.4, -0.2) is 50.2 Å². The molecule has 1 fully saturated rings. The van der Waals surface area contributed by atoms with Crippen LogP contribution in [0.2, 0.25) is 0 Å². The molecule has 1 saturated heterocycles. The van der Waals surface area contributed by atoms with Gasteiger partial charge in [0.2, 0.25) is 10.0 Å². The summed E-state index contributed by atoms with van der Waals surface area (Å²) >= 11 is 0. The quantitative estimate of drug-likeness (QED) is 0.832. The first-order chi connectivity index (χ1) is 13.8. The van der Waals surface area contributed by atoms with Gasteiger partial charge in [0.15, 0.2) is 0 Å². The van der Waals surface area contributed by atoms with E-state index >= 15 is 0 Å². The zero-order valence-electron chi connectivity index (χ0n) is 16.4. The van der Waals surface area contributed by atoms with Crippen LogP contribution >= 0.6 is 0 Å². The van der Waals surface area contributed by atoms with Crippen molar-refractivity contribution in [1.29, 1.82) is 0 Å². The van der Waals surface area contributed by atoms with Gasteiger partial charge in [0.1, 0.15) is 17.1 Å². The van der Waals surface area contributed by atoms with Gasteiger partial charge >= 0.3 is 0 Å². The number of benzene rings is 2. The standard InChI is InChI=1S/C21H23N3O4S/c1-15-3-9-18(10-4-15)29(26,27)24-13-11-21(12-14-24)22-19(20(25)23-21)16-5-7-17(28-2)8-6-16/h3-10H,11-14H2,1-2H3,(H,23,25). The first-order valence-electron chi connectivity index (χ1n) is 9.47. The van der Waals surface area contributed by atoms with Crippen molar-refractivity contribution in [3.05, 3.63) is 59.7 Å². The highest BCUT2D eigenvalue weighted by Gasteiger charge is 2.44. The van der Waals surface area contributed by atoms with Crippen LogP contribution in [0.3, 0.4) is 0 Å². The Balaban J connectivity index is 1.51. The molecule has 0 aliphatic carbocycles. The van der Waals surface area contributed by atoms with Crippen LogP contribution in [0, 0.1) is 6.92 Å². The number of nitrogens with zero attached hydrogens (tertiary/aromatic N) is 2. The van der Waals surface area contributed by atoms with Crippen LogP contribution in [0.25, 0.3) is 0 Å². The fraction of sp³-hybridized carbons (Fsp3) is 0.333. The van der Waals surface area contributed by atoms with E-state index in [1.165, 1.54) is 4.31 Å². The minimum Gasteiger partial charge on any atom is -0.497 e. The fourth-order valence-corrected chi connectivity index (χ4v) is 5.14. The number of aryl methyl sites for hydroxylation is 1. The van der Waals surface area contributed by atoms with E-state index in [1.54, 1.807) is 55.6 Å². The predicted octanol–water partition coefficient (Wildman–Crippen LogP) is 2.10. The SMILES string of the molecule is COc1ccc(C2=NC3(CCN(S(=O)(=O)c4ccc(C)cc4)CC3)NC2=O)cc1. The molecule has 7 nitrogen and oxygen atoms in total. The summed E-state index contributed by atoms with van der Waals surface area (Å²) in [5.74, 6) is 0.474. The molecule has 152 valence electrons. The molecule has 0 bridgehead atoms. The summed E-state index contributed by atoms with van der Waals surface area (Å²) in [6.45, 7) is 2.52. The number of rotatable bonds is 4. The summed E-state index contributed by atoms with van der Waals surface area (Å²) in [5.41, 5.74) is 1.36. The van der Waals surface area contributed by atoms with Crippen LogP contribution in [0.15, 0.2) is 58.4 Å². The minimum absolute atomic E-state index is 0.231. The Kier molecular flexibility index (Phi) is 4.92. The molecule has 2 aliphatic heterocycles. The summed E-state index contributed by atoms with van der Waals surface area (Å²) in [6, 6.07) is 14.0. The minimum atomic E-state index is -3.55. The Morgan fingerprint density at radius 3 is 2.24 bits per heavy atom. The number of nitrogens with one attached hydrogen (secondary N) is 1. The van der Waals surface area contributed by atoms with Crippen molar-refractivity contribution >= 4 is 21.6 Å². The summed E-state index contributed by atoms with van der Waals surface area (Å²) in [6.07, 6.45) is 0.868. The summed E-state index contributed by atoms with van der Waals surface area (Å²) in [5, 5.41) is 2.97. The first kappa shape index (κ1) is 19.6. The van der Waals surface area contributed by atoms with Crippen LogP contribution < -0.4 is 10.1 Å². The number of carbonyl (C=O) groups is 1. The van der Waals surface area contributed by atoms with Gasteiger partial charge < -0.3 is 10.1 Å². The molecule has 2 aromatic carbocycles. The van der Waals surface area contributed by atoms with E-state index in [1.807, 2.05) is 6.92 Å². The van der Waals surface area contributed by atoms with Crippen LogP contribution in [-0.2, 0) is 14.8 Å². The zero-order valence-corrected chi connectivity index (χ0v) is 17.2. The number of amides is 1. The predicted molar refractivity (Wildman–Crippen MR) is 110 cm³/mol. The Morgan fingerprint density at radius 2 is 1.66 bits per heavy atom. The number of methoxy groups -OCH3 is 1. The lowest BCUT2D eigenvalue weighted by Crippen LogP contribution is -2.52.